The van der Waals surface area contributed by atoms with Gasteiger partial charge >= 0.3 is 5.97 Å². The van der Waals surface area contributed by atoms with Crippen LogP contribution in [-0.2, 0) is 10.0 Å². The van der Waals surface area contributed by atoms with E-state index in [2.05, 4.69) is 5.10 Å². The Balaban J connectivity index is 2.19. The van der Waals surface area contributed by atoms with Crippen LogP contribution in [0.4, 0.5) is 4.39 Å². The van der Waals surface area contributed by atoms with Crippen LogP contribution in [0.1, 0.15) is 15.9 Å². The predicted molar refractivity (Wildman–Crippen MR) is 77.7 cm³/mol. The van der Waals surface area contributed by atoms with Crippen molar-refractivity contribution in [3.63, 3.8) is 0 Å². The Morgan fingerprint density at radius 2 is 1.77 bits per heavy atom. The Morgan fingerprint density at radius 3 is 2.41 bits per heavy atom. The number of nitrogens with one attached hydrogen (secondary N) is 1. The number of hydrogen-bond acceptors (Lipinski definition) is 4. The number of carboxylic acid groups (broad SMARTS) is 1. The highest BCUT2D eigenvalue weighted by molar-refractivity contribution is 7.89. The first-order chi connectivity index (χ1) is 10.4. The largest absolute Gasteiger partial charge is 0.478 e. The van der Waals surface area contributed by atoms with Gasteiger partial charge in [-0.2, -0.15) is 13.5 Å². The monoisotopic (exact) mass is 322 g/mol. The number of hydrazone groups is 1. The summed E-state index contributed by atoms with van der Waals surface area (Å²) in [5.74, 6) is -1.71. The zero-order valence-corrected chi connectivity index (χ0v) is 11.9. The zero-order chi connectivity index (χ0) is 16.2. The summed E-state index contributed by atoms with van der Waals surface area (Å²) in [7, 11) is -3.94. The second-order valence-electron chi connectivity index (χ2n) is 4.20. The third kappa shape index (κ3) is 3.67. The number of carbonyl (C=O) groups is 1. The topological polar surface area (TPSA) is 95.8 Å². The molecule has 0 heterocycles. The number of sulfonamides is 1. The number of benzene rings is 2. The van der Waals surface area contributed by atoms with Gasteiger partial charge in [-0.15, -0.1) is 0 Å². The summed E-state index contributed by atoms with van der Waals surface area (Å²) < 4.78 is 36.5. The lowest BCUT2D eigenvalue weighted by atomic mass is 10.1. The van der Waals surface area contributed by atoms with Crippen LogP contribution in [0.5, 0.6) is 0 Å². The van der Waals surface area contributed by atoms with Crippen molar-refractivity contribution in [1.82, 2.24) is 4.83 Å². The molecule has 6 nitrogen and oxygen atoms in total. The van der Waals surface area contributed by atoms with Crippen LogP contribution in [0, 0.1) is 5.82 Å². The summed E-state index contributed by atoms with van der Waals surface area (Å²) in [6.07, 6.45) is 1.09. The molecule has 2 aromatic carbocycles. The van der Waals surface area contributed by atoms with Gasteiger partial charge in [0, 0.05) is 5.56 Å². The molecule has 0 amide bonds. The van der Waals surface area contributed by atoms with Gasteiger partial charge in [0.2, 0.25) is 0 Å². The lowest BCUT2D eigenvalue weighted by Crippen LogP contribution is -2.18. The minimum Gasteiger partial charge on any atom is -0.478 e. The van der Waals surface area contributed by atoms with E-state index in [9.17, 15) is 17.6 Å². The van der Waals surface area contributed by atoms with E-state index >= 15 is 0 Å². The molecule has 2 aromatic rings. The summed E-state index contributed by atoms with van der Waals surface area (Å²) >= 11 is 0. The molecule has 0 unspecified atom stereocenters. The average molecular weight is 322 g/mol. The molecule has 0 aliphatic heterocycles. The standard InChI is InChI=1S/C14H11FN2O4S/c15-11-5-7-12(8-6-11)22(20,21)17-16-9-10-3-1-2-4-13(10)14(18)19/h1-9,17H,(H,18,19)/b16-9+. The fourth-order valence-corrected chi connectivity index (χ4v) is 2.43. The Labute approximate surface area is 126 Å². The lowest BCUT2D eigenvalue weighted by molar-refractivity contribution is 0.0696. The number of halogens is 1. The maximum atomic E-state index is 12.8. The maximum absolute atomic E-state index is 12.8. The number of carboxylic acids is 1. The second-order valence-corrected chi connectivity index (χ2v) is 5.86. The smallest absolute Gasteiger partial charge is 0.336 e. The summed E-state index contributed by atoms with van der Waals surface area (Å²) in [5, 5.41) is 12.5. The second kappa shape index (κ2) is 6.35. The Kier molecular flexibility index (Phi) is 4.52. The van der Waals surface area contributed by atoms with Crippen LogP contribution in [-0.4, -0.2) is 25.7 Å². The maximum Gasteiger partial charge on any atom is 0.336 e. The Bertz CT molecular complexity index is 817. The molecular formula is C14H11FN2O4S. The van der Waals surface area contributed by atoms with Crippen LogP contribution in [0.3, 0.4) is 0 Å². The van der Waals surface area contributed by atoms with Crippen molar-refractivity contribution in [2.45, 2.75) is 4.90 Å². The van der Waals surface area contributed by atoms with E-state index in [0.717, 1.165) is 30.5 Å². The van der Waals surface area contributed by atoms with E-state index in [4.69, 9.17) is 5.11 Å². The third-order valence-electron chi connectivity index (χ3n) is 2.69. The first kappa shape index (κ1) is 15.6. The highest BCUT2D eigenvalue weighted by Crippen LogP contribution is 2.10. The minimum atomic E-state index is -3.94. The molecular weight excluding hydrogens is 311 g/mol. The molecule has 0 aliphatic carbocycles. The van der Waals surface area contributed by atoms with Crippen LogP contribution < -0.4 is 4.83 Å². The molecule has 0 atom stereocenters. The number of aromatic carboxylic acids is 1. The van der Waals surface area contributed by atoms with Gasteiger partial charge in [-0.25, -0.2) is 14.0 Å². The minimum absolute atomic E-state index is 0.00719. The molecule has 0 saturated carbocycles. The van der Waals surface area contributed by atoms with Crippen molar-refractivity contribution in [1.29, 1.82) is 0 Å². The molecule has 0 spiro atoms. The van der Waals surface area contributed by atoms with Crippen molar-refractivity contribution in [3.05, 3.63) is 65.5 Å². The molecule has 114 valence electrons. The van der Waals surface area contributed by atoms with Gasteiger partial charge in [-0.05, 0) is 30.3 Å². The Hall–Kier alpha value is -2.74. The molecule has 0 aliphatic rings. The molecule has 0 aromatic heterocycles. The molecule has 0 radical (unpaired) electrons. The van der Waals surface area contributed by atoms with Gasteiger partial charge in [-0.1, -0.05) is 18.2 Å². The molecule has 0 fully saturated rings. The molecule has 2 N–H and O–H groups in total. The van der Waals surface area contributed by atoms with Gasteiger partial charge in [0.05, 0.1) is 16.7 Å². The van der Waals surface area contributed by atoms with Crippen molar-refractivity contribution >= 4 is 22.2 Å². The van der Waals surface area contributed by atoms with Crippen molar-refractivity contribution in [2.24, 2.45) is 5.10 Å². The van der Waals surface area contributed by atoms with Crippen LogP contribution >= 0.6 is 0 Å². The van der Waals surface area contributed by atoms with Gasteiger partial charge in [0.15, 0.2) is 0 Å². The summed E-state index contributed by atoms with van der Waals surface area (Å²) in [6.45, 7) is 0. The molecule has 0 bridgehead atoms. The highest BCUT2D eigenvalue weighted by atomic mass is 32.2. The molecule has 0 saturated heterocycles. The average Bonchev–Trinajstić information content (AvgIpc) is 2.48. The summed E-state index contributed by atoms with van der Waals surface area (Å²) in [6, 6.07) is 10.2. The highest BCUT2D eigenvalue weighted by Gasteiger charge is 2.12. The summed E-state index contributed by atoms with van der Waals surface area (Å²) in [5.41, 5.74) is 0.240. The molecule has 2 rings (SSSR count). The fourth-order valence-electron chi connectivity index (χ4n) is 1.64. The van der Waals surface area contributed by atoms with Crippen LogP contribution in [0.15, 0.2) is 58.5 Å². The van der Waals surface area contributed by atoms with E-state index in [1.807, 2.05) is 4.83 Å². The quantitative estimate of drug-likeness (QED) is 0.648. The van der Waals surface area contributed by atoms with Crippen molar-refractivity contribution in [2.75, 3.05) is 0 Å². The van der Waals surface area contributed by atoms with Crippen LogP contribution in [0.25, 0.3) is 0 Å². The lowest BCUT2D eigenvalue weighted by Gasteiger charge is -2.03. The molecule has 22 heavy (non-hydrogen) atoms. The third-order valence-corrected chi connectivity index (χ3v) is 3.93. The fraction of sp³-hybridized carbons (Fsp3) is 0. The van der Waals surface area contributed by atoms with E-state index in [-0.39, 0.29) is 16.0 Å². The van der Waals surface area contributed by atoms with Gasteiger partial charge < -0.3 is 5.11 Å². The molecule has 8 heteroatoms. The number of hydrogen-bond donors (Lipinski definition) is 2. The van der Waals surface area contributed by atoms with Gasteiger partial charge in [-0.3, -0.25) is 0 Å². The zero-order valence-electron chi connectivity index (χ0n) is 11.1. The van der Waals surface area contributed by atoms with E-state index < -0.39 is 21.8 Å². The van der Waals surface area contributed by atoms with E-state index in [0.29, 0.717) is 0 Å². The predicted octanol–water partition coefficient (Wildman–Crippen LogP) is 1.84. The van der Waals surface area contributed by atoms with Crippen LogP contribution in [0.2, 0.25) is 0 Å². The Morgan fingerprint density at radius 1 is 1.14 bits per heavy atom. The van der Waals surface area contributed by atoms with Gasteiger partial charge in [0.1, 0.15) is 5.82 Å². The first-order valence-electron chi connectivity index (χ1n) is 6.03. The first-order valence-corrected chi connectivity index (χ1v) is 7.51. The summed E-state index contributed by atoms with van der Waals surface area (Å²) in [4.78, 5) is 12.8. The SMILES string of the molecule is O=C(O)c1ccccc1/C=N/NS(=O)(=O)c1ccc(F)cc1. The van der Waals surface area contributed by atoms with Gasteiger partial charge in [0.25, 0.3) is 10.0 Å². The van der Waals surface area contributed by atoms with E-state index in [1.54, 1.807) is 12.1 Å². The van der Waals surface area contributed by atoms with Crippen molar-refractivity contribution < 1.29 is 22.7 Å². The van der Waals surface area contributed by atoms with Crippen molar-refractivity contribution in [3.8, 4) is 0 Å². The van der Waals surface area contributed by atoms with E-state index in [1.165, 1.54) is 12.1 Å². The number of rotatable bonds is 5. The number of nitrogens with zero attached hydrogens (tertiary/aromatic N) is 1. The normalized spacial score (nSPS) is 11.5.